The van der Waals surface area contributed by atoms with Crippen LogP contribution < -0.4 is 21.3 Å². The Morgan fingerprint density at radius 2 is 2.00 bits per heavy atom. The predicted molar refractivity (Wildman–Crippen MR) is 80.8 cm³/mol. The number of nitrogen functional groups attached to an aromatic ring is 1. The number of anilines is 2. The van der Waals surface area contributed by atoms with Gasteiger partial charge in [0.05, 0.1) is 17.9 Å². The maximum absolute atomic E-state index is 11.7. The molecule has 0 saturated carbocycles. The van der Waals surface area contributed by atoms with Crippen LogP contribution in [0.2, 0.25) is 0 Å². The molecule has 0 atom stereocenters. The Bertz CT molecular complexity index is 488. The third kappa shape index (κ3) is 3.88. The Balaban J connectivity index is 3.01. The normalized spacial score (nSPS) is 9.95. The van der Waals surface area contributed by atoms with Crippen LogP contribution in [0.5, 0.6) is 0 Å². The number of amides is 2. The van der Waals surface area contributed by atoms with Gasteiger partial charge in [-0.25, -0.2) is 0 Å². The van der Waals surface area contributed by atoms with Crippen molar-refractivity contribution in [2.24, 2.45) is 0 Å². The highest BCUT2D eigenvalue weighted by atomic mass is 16.2. The number of benzene rings is 1. The molecular weight excluding hydrogens is 256 g/mol. The molecule has 1 rings (SSSR count). The first-order valence-electron chi connectivity index (χ1n) is 6.66. The molecule has 6 heteroatoms. The van der Waals surface area contributed by atoms with E-state index in [-0.39, 0.29) is 18.4 Å². The smallest absolute Gasteiger partial charge is 0.251 e. The zero-order chi connectivity index (χ0) is 15.1. The zero-order valence-corrected chi connectivity index (χ0v) is 12.2. The number of nitrogens with one attached hydrogen (secondary N) is 2. The second-order valence-electron chi connectivity index (χ2n) is 4.32. The Hall–Kier alpha value is -2.24. The lowest BCUT2D eigenvalue weighted by molar-refractivity contribution is -0.119. The van der Waals surface area contributed by atoms with E-state index in [1.54, 1.807) is 25.2 Å². The van der Waals surface area contributed by atoms with Crippen molar-refractivity contribution in [3.63, 3.8) is 0 Å². The van der Waals surface area contributed by atoms with Gasteiger partial charge in [-0.15, -0.1) is 0 Å². The molecule has 0 bridgehead atoms. The fourth-order valence-electron chi connectivity index (χ4n) is 1.90. The first-order valence-corrected chi connectivity index (χ1v) is 6.66. The highest BCUT2D eigenvalue weighted by Gasteiger charge is 2.14. The molecule has 1 aromatic carbocycles. The van der Waals surface area contributed by atoms with Crippen LogP contribution in [-0.4, -0.2) is 38.5 Å². The molecule has 4 N–H and O–H groups in total. The minimum atomic E-state index is -0.180. The second-order valence-corrected chi connectivity index (χ2v) is 4.32. The monoisotopic (exact) mass is 278 g/mol. The van der Waals surface area contributed by atoms with Gasteiger partial charge in [0, 0.05) is 25.7 Å². The number of hydrogen-bond acceptors (Lipinski definition) is 4. The second kappa shape index (κ2) is 7.37. The molecule has 0 aliphatic rings. The fourth-order valence-corrected chi connectivity index (χ4v) is 1.90. The van der Waals surface area contributed by atoms with Crippen LogP contribution in [0.15, 0.2) is 18.2 Å². The van der Waals surface area contributed by atoms with Crippen molar-refractivity contribution in [2.75, 3.05) is 37.3 Å². The molecule has 0 aliphatic heterocycles. The maximum Gasteiger partial charge on any atom is 0.251 e. The third-order valence-corrected chi connectivity index (χ3v) is 2.95. The Morgan fingerprint density at radius 1 is 1.30 bits per heavy atom. The van der Waals surface area contributed by atoms with Crippen LogP contribution >= 0.6 is 0 Å². The molecule has 20 heavy (non-hydrogen) atoms. The fraction of sp³-hybridized carbons (Fsp3) is 0.429. The Labute approximate surface area is 119 Å². The average molecular weight is 278 g/mol. The molecular formula is C14H22N4O2. The number of likely N-dealkylation sites (N-methyl/N-ethyl adjacent to an activating group) is 2. The maximum atomic E-state index is 11.7. The summed E-state index contributed by atoms with van der Waals surface area (Å²) in [5.41, 5.74) is 7.71. The summed E-state index contributed by atoms with van der Waals surface area (Å²) in [6, 6.07) is 5.05. The van der Waals surface area contributed by atoms with E-state index in [9.17, 15) is 9.59 Å². The summed E-state index contributed by atoms with van der Waals surface area (Å²) in [6.45, 7) is 5.23. The molecule has 0 saturated heterocycles. The molecule has 2 amide bonds. The molecule has 6 nitrogen and oxygen atoms in total. The quantitative estimate of drug-likeness (QED) is 0.665. The third-order valence-electron chi connectivity index (χ3n) is 2.95. The molecule has 0 radical (unpaired) electrons. The first kappa shape index (κ1) is 15.8. The van der Waals surface area contributed by atoms with Crippen LogP contribution in [0.3, 0.4) is 0 Å². The van der Waals surface area contributed by atoms with E-state index in [0.29, 0.717) is 30.0 Å². The van der Waals surface area contributed by atoms with Crippen LogP contribution in [0, 0.1) is 0 Å². The van der Waals surface area contributed by atoms with E-state index < -0.39 is 0 Å². The summed E-state index contributed by atoms with van der Waals surface area (Å²) < 4.78 is 0. The highest BCUT2D eigenvalue weighted by molar-refractivity contribution is 5.96. The van der Waals surface area contributed by atoms with Crippen molar-refractivity contribution >= 4 is 23.2 Å². The van der Waals surface area contributed by atoms with Gasteiger partial charge in [-0.1, -0.05) is 0 Å². The van der Waals surface area contributed by atoms with E-state index in [0.717, 1.165) is 0 Å². The van der Waals surface area contributed by atoms with Crippen molar-refractivity contribution in [3.05, 3.63) is 23.8 Å². The SMILES string of the molecule is CCNC(=O)CN(CC)c1cc(C(=O)NC)ccc1N. The van der Waals surface area contributed by atoms with Crippen molar-refractivity contribution in [3.8, 4) is 0 Å². The standard InChI is InChI=1S/C14H22N4O2/c1-4-17-13(19)9-18(5-2)12-8-10(14(20)16-3)6-7-11(12)15/h6-8H,4-5,9,15H2,1-3H3,(H,16,20)(H,17,19). The zero-order valence-electron chi connectivity index (χ0n) is 12.2. The summed E-state index contributed by atoms with van der Waals surface area (Å²) in [5.74, 6) is -0.251. The molecule has 0 fully saturated rings. The van der Waals surface area contributed by atoms with E-state index in [2.05, 4.69) is 10.6 Å². The summed E-state index contributed by atoms with van der Waals surface area (Å²) >= 11 is 0. The van der Waals surface area contributed by atoms with Crippen LogP contribution in [0.25, 0.3) is 0 Å². The molecule has 0 aromatic heterocycles. The number of carbonyl (C=O) groups is 2. The molecule has 0 spiro atoms. The van der Waals surface area contributed by atoms with Gasteiger partial charge in [0.1, 0.15) is 0 Å². The van der Waals surface area contributed by atoms with Crippen molar-refractivity contribution in [2.45, 2.75) is 13.8 Å². The summed E-state index contributed by atoms with van der Waals surface area (Å²) in [4.78, 5) is 25.2. The summed E-state index contributed by atoms with van der Waals surface area (Å²) in [6.07, 6.45) is 0. The predicted octanol–water partition coefficient (Wildman–Crippen LogP) is 0.591. The topological polar surface area (TPSA) is 87.5 Å². The van der Waals surface area contributed by atoms with Gasteiger partial charge in [0.15, 0.2) is 0 Å². The molecule has 110 valence electrons. The number of nitrogens with two attached hydrogens (primary N) is 1. The van der Waals surface area contributed by atoms with Gasteiger partial charge in [-0.3, -0.25) is 9.59 Å². The average Bonchev–Trinajstić information content (AvgIpc) is 2.45. The first-order chi connectivity index (χ1) is 9.53. The van der Waals surface area contributed by atoms with Crippen LogP contribution in [0.1, 0.15) is 24.2 Å². The van der Waals surface area contributed by atoms with Gasteiger partial charge in [0.2, 0.25) is 5.91 Å². The molecule has 0 aliphatic carbocycles. The molecule has 0 heterocycles. The van der Waals surface area contributed by atoms with E-state index >= 15 is 0 Å². The minimum Gasteiger partial charge on any atom is -0.397 e. The highest BCUT2D eigenvalue weighted by Crippen LogP contribution is 2.24. The number of carbonyl (C=O) groups excluding carboxylic acids is 2. The number of nitrogens with zero attached hydrogens (tertiary/aromatic N) is 1. The van der Waals surface area contributed by atoms with Gasteiger partial charge in [0.25, 0.3) is 5.91 Å². The van der Waals surface area contributed by atoms with Gasteiger partial charge in [-0.2, -0.15) is 0 Å². The number of rotatable bonds is 6. The van der Waals surface area contributed by atoms with Gasteiger partial charge >= 0.3 is 0 Å². The summed E-state index contributed by atoms with van der Waals surface area (Å²) in [5, 5.41) is 5.32. The van der Waals surface area contributed by atoms with Crippen LogP contribution in [0.4, 0.5) is 11.4 Å². The van der Waals surface area contributed by atoms with Crippen molar-refractivity contribution in [1.82, 2.24) is 10.6 Å². The van der Waals surface area contributed by atoms with E-state index in [1.165, 1.54) is 0 Å². The number of hydrogen-bond donors (Lipinski definition) is 3. The molecule has 0 unspecified atom stereocenters. The Morgan fingerprint density at radius 3 is 2.55 bits per heavy atom. The van der Waals surface area contributed by atoms with E-state index in [1.807, 2.05) is 18.7 Å². The van der Waals surface area contributed by atoms with E-state index in [4.69, 9.17) is 5.73 Å². The van der Waals surface area contributed by atoms with Crippen molar-refractivity contribution in [1.29, 1.82) is 0 Å². The van der Waals surface area contributed by atoms with Crippen LogP contribution in [-0.2, 0) is 4.79 Å². The van der Waals surface area contributed by atoms with Gasteiger partial charge < -0.3 is 21.3 Å². The minimum absolute atomic E-state index is 0.0703. The largest absolute Gasteiger partial charge is 0.397 e. The Kier molecular flexibility index (Phi) is 5.83. The lowest BCUT2D eigenvalue weighted by Crippen LogP contribution is -2.37. The van der Waals surface area contributed by atoms with Crippen molar-refractivity contribution < 1.29 is 9.59 Å². The van der Waals surface area contributed by atoms with Gasteiger partial charge in [-0.05, 0) is 32.0 Å². The lowest BCUT2D eigenvalue weighted by atomic mass is 10.1. The molecule has 1 aromatic rings. The summed E-state index contributed by atoms with van der Waals surface area (Å²) in [7, 11) is 1.57. The lowest BCUT2D eigenvalue weighted by Gasteiger charge is -2.24.